The lowest BCUT2D eigenvalue weighted by atomic mass is 9.81. The number of hydrogen-bond donors (Lipinski definition) is 2. The standard InChI is InChI=1S/C21H24N2O3/c1-12-7-8-17(15-5-4-6-16(9-15)21(25)26)18-11-23(14(3)19(12)18)10-13(2)20(22)24/h6,9H,2-5,7-8,10-11H2,1H3,(H2,22,24)(H,25,26). The van der Waals surface area contributed by atoms with Crippen LogP contribution in [0, 0.1) is 0 Å². The van der Waals surface area contributed by atoms with Crippen LogP contribution in [0.4, 0.5) is 0 Å². The van der Waals surface area contributed by atoms with Crippen LogP contribution >= 0.6 is 0 Å². The van der Waals surface area contributed by atoms with Crippen molar-refractivity contribution in [1.29, 1.82) is 0 Å². The average molecular weight is 352 g/mol. The first-order valence-corrected chi connectivity index (χ1v) is 8.78. The van der Waals surface area contributed by atoms with Gasteiger partial charge < -0.3 is 15.7 Å². The number of aliphatic carboxylic acids is 1. The number of carboxylic acids is 1. The second kappa shape index (κ2) is 6.83. The van der Waals surface area contributed by atoms with Crippen molar-refractivity contribution in [3.8, 4) is 0 Å². The quantitative estimate of drug-likeness (QED) is 0.745. The van der Waals surface area contributed by atoms with Gasteiger partial charge in [0.05, 0.1) is 5.57 Å². The minimum atomic E-state index is -0.884. The van der Waals surface area contributed by atoms with Crippen molar-refractivity contribution in [2.45, 2.75) is 32.6 Å². The summed E-state index contributed by atoms with van der Waals surface area (Å²) in [6.45, 7) is 11.1. The number of carbonyl (C=O) groups is 2. The first kappa shape index (κ1) is 18.0. The molecule has 0 spiro atoms. The molecule has 1 fully saturated rings. The highest BCUT2D eigenvalue weighted by Crippen LogP contribution is 2.44. The van der Waals surface area contributed by atoms with E-state index in [0.717, 1.165) is 42.5 Å². The fraction of sp³-hybridized carbons (Fsp3) is 0.333. The molecule has 3 aliphatic rings. The van der Waals surface area contributed by atoms with Crippen LogP contribution in [0.2, 0.25) is 0 Å². The Bertz CT molecular complexity index is 852. The van der Waals surface area contributed by atoms with Crippen molar-refractivity contribution in [2.24, 2.45) is 5.73 Å². The van der Waals surface area contributed by atoms with Crippen molar-refractivity contribution in [3.63, 3.8) is 0 Å². The molecule has 0 aromatic heterocycles. The zero-order chi connectivity index (χ0) is 19.0. The van der Waals surface area contributed by atoms with Gasteiger partial charge in [0.1, 0.15) is 0 Å². The van der Waals surface area contributed by atoms with Crippen LogP contribution in [-0.4, -0.2) is 35.0 Å². The Morgan fingerprint density at radius 1 is 1.27 bits per heavy atom. The summed E-state index contributed by atoms with van der Waals surface area (Å²) in [7, 11) is 0. The van der Waals surface area contributed by atoms with Crippen LogP contribution in [0.1, 0.15) is 32.6 Å². The predicted molar refractivity (Wildman–Crippen MR) is 101 cm³/mol. The van der Waals surface area contributed by atoms with Crippen molar-refractivity contribution >= 4 is 11.9 Å². The number of carboxylic acid groups (broad SMARTS) is 1. The maximum atomic E-state index is 11.4. The molecule has 5 heteroatoms. The number of primary amides is 1. The number of likely N-dealkylation sites (tertiary alicyclic amines) is 1. The fourth-order valence-electron chi connectivity index (χ4n) is 3.94. The van der Waals surface area contributed by atoms with Crippen molar-refractivity contribution in [1.82, 2.24) is 4.90 Å². The van der Waals surface area contributed by atoms with Gasteiger partial charge >= 0.3 is 5.97 Å². The Hall–Kier alpha value is -2.82. The largest absolute Gasteiger partial charge is 0.478 e. The van der Waals surface area contributed by atoms with E-state index in [1.54, 1.807) is 12.2 Å². The highest BCUT2D eigenvalue weighted by molar-refractivity contribution is 5.92. The second-order valence-electron chi connectivity index (χ2n) is 7.06. The van der Waals surface area contributed by atoms with Crippen LogP contribution in [0.15, 0.2) is 70.0 Å². The normalized spacial score (nSPS) is 20.0. The summed E-state index contributed by atoms with van der Waals surface area (Å²) in [4.78, 5) is 24.7. The van der Waals surface area contributed by atoms with Gasteiger partial charge in [-0.15, -0.1) is 0 Å². The molecule has 0 unspecified atom stereocenters. The monoisotopic (exact) mass is 352 g/mol. The second-order valence-corrected chi connectivity index (χ2v) is 7.06. The molecule has 136 valence electrons. The molecular weight excluding hydrogens is 328 g/mol. The molecule has 26 heavy (non-hydrogen) atoms. The molecule has 0 aromatic rings. The molecule has 5 nitrogen and oxygen atoms in total. The lowest BCUT2D eigenvalue weighted by Gasteiger charge is -2.23. The number of amides is 1. The molecule has 1 heterocycles. The van der Waals surface area contributed by atoms with E-state index in [1.807, 2.05) is 4.90 Å². The van der Waals surface area contributed by atoms with E-state index in [9.17, 15) is 14.7 Å². The molecule has 1 saturated heterocycles. The van der Waals surface area contributed by atoms with E-state index in [0.29, 0.717) is 24.2 Å². The number of hydrogen-bond acceptors (Lipinski definition) is 3. The zero-order valence-electron chi connectivity index (χ0n) is 15.1. The topological polar surface area (TPSA) is 83.6 Å². The van der Waals surface area contributed by atoms with Crippen LogP contribution < -0.4 is 5.73 Å². The highest BCUT2D eigenvalue weighted by Gasteiger charge is 2.33. The van der Waals surface area contributed by atoms with E-state index in [4.69, 9.17) is 5.73 Å². The SMILES string of the molecule is C=C(CN1CC2=C(C3=CC(C(=O)O)=CCC3)CCC(C)=C2C1=C)C(N)=O. The lowest BCUT2D eigenvalue weighted by Crippen LogP contribution is -2.26. The summed E-state index contributed by atoms with van der Waals surface area (Å²) in [5, 5.41) is 9.31. The molecule has 3 N–H and O–H groups in total. The average Bonchev–Trinajstić information content (AvgIpc) is 2.92. The summed E-state index contributed by atoms with van der Waals surface area (Å²) in [6, 6.07) is 0. The molecule has 0 saturated carbocycles. The molecule has 0 aromatic carbocycles. The van der Waals surface area contributed by atoms with E-state index in [-0.39, 0.29) is 0 Å². The van der Waals surface area contributed by atoms with Gasteiger partial charge in [-0.1, -0.05) is 24.8 Å². The van der Waals surface area contributed by atoms with E-state index in [2.05, 4.69) is 20.1 Å². The molecular formula is C21H24N2O3. The van der Waals surface area contributed by atoms with Crippen LogP contribution in [0.3, 0.4) is 0 Å². The van der Waals surface area contributed by atoms with Gasteiger partial charge in [0, 0.05) is 29.9 Å². The zero-order valence-corrected chi connectivity index (χ0v) is 15.1. The first-order valence-electron chi connectivity index (χ1n) is 8.78. The van der Waals surface area contributed by atoms with Crippen LogP contribution in [0.5, 0.6) is 0 Å². The third-order valence-corrected chi connectivity index (χ3v) is 5.33. The van der Waals surface area contributed by atoms with Gasteiger partial charge in [0.15, 0.2) is 0 Å². The summed E-state index contributed by atoms with van der Waals surface area (Å²) in [6.07, 6.45) is 7.01. The summed E-state index contributed by atoms with van der Waals surface area (Å²) >= 11 is 0. The Balaban J connectivity index is 1.99. The van der Waals surface area contributed by atoms with E-state index >= 15 is 0 Å². The summed E-state index contributed by atoms with van der Waals surface area (Å²) < 4.78 is 0. The molecule has 0 bridgehead atoms. The minimum absolute atomic E-state index is 0.359. The molecule has 2 aliphatic carbocycles. The molecule has 3 rings (SSSR count). The maximum absolute atomic E-state index is 11.4. The smallest absolute Gasteiger partial charge is 0.335 e. The lowest BCUT2D eigenvalue weighted by molar-refractivity contribution is -0.132. The number of nitrogens with zero attached hydrogens (tertiary/aromatic N) is 1. The number of nitrogens with two attached hydrogens (primary N) is 1. The third kappa shape index (κ3) is 3.17. The van der Waals surface area contributed by atoms with Crippen molar-refractivity contribution in [3.05, 3.63) is 70.0 Å². The van der Waals surface area contributed by atoms with Crippen molar-refractivity contribution < 1.29 is 14.7 Å². The van der Waals surface area contributed by atoms with E-state index < -0.39 is 11.9 Å². The third-order valence-electron chi connectivity index (χ3n) is 5.33. The van der Waals surface area contributed by atoms with Gasteiger partial charge in [0.2, 0.25) is 5.91 Å². The maximum Gasteiger partial charge on any atom is 0.335 e. The number of rotatable bonds is 5. The Kier molecular flexibility index (Phi) is 4.72. The predicted octanol–water partition coefficient (Wildman–Crippen LogP) is 3.00. The Morgan fingerprint density at radius 3 is 2.65 bits per heavy atom. The fourth-order valence-corrected chi connectivity index (χ4v) is 3.94. The van der Waals surface area contributed by atoms with Gasteiger partial charge in [-0.3, -0.25) is 4.79 Å². The molecule has 1 aliphatic heterocycles. The molecule has 0 radical (unpaired) electrons. The van der Waals surface area contributed by atoms with Gasteiger partial charge in [-0.25, -0.2) is 4.79 Å². The number of fused-ring (bicyclic) bond motifs is 1. The van der Waals surface area contributed by atoms with E-state index in [1.165, 1.54) is 16.7 Å². The highest BCUT2D eigenvalue weighted by atomic mass is 16.4. The summed E-state index contributed by atoms with van der Waals surface area (Å²) in [5.74, 6) is -1.38. The van der Waals surface area contributed by atoms with Gasteiger partial charge in [0.25, 0.3) is 0 Å². The van der Waals surface area contributed by atoms with Gasteiger partial charge in [-0.05, 0) is 55.4 Å². The van der Waals surface area contributed by atoms with Crippen LogP contribution in [0.25, 0.3) is 0 Å². The first-order chi connectivity index (χ1) is 12.3. The summed E-state index contributed by atoms with van der Waals surface area (Å²) in [5.41, 5.74) is 12.9. The van der Waals surface area contributed by atoms with Crippen LogP contribution in [-0.2, 0) is 9.59 Å². The Morgan fingerprint density at radius 2 is 2.00 bits per heavy atom. The molecule has 0 atom stereocenters. The Labute approximate surface area is 153 Å². The number of allylic oxidation sites excluding steroid dienone is 5. The molecule has 1 amide bonds. The number of carbonyl (C=O) groups excluding carboxylic acids is 1. The van der Waals surface area contributed by atoms with Crippen molar-refractivity contribution in [2.75, 3.05) is 13.1 Å². The van der Waals surface area contributed by atoms with Gasteiger partial charge in [-0.2, -0.15) is 0 Å². The minimum Gasteiger partial charge on any atom is -0.478 e.